The molecule has 0 aliphatic carbocycles. The van der Waals surface area contributed by atoms with Gasteiger partial charge in [-0.15, -0.1) is 0 Å². The second-order valence-electron chi connectivity index (χ2n) is 5.37. The third-order valence-electron chi connectivity index (χ3n) is 3.51. The molecule has 0 saturated carbocycles. The standard InChI is InChI=1S/C15H19F3N2O2/c1-12-2-4-13(5-3-12)22-10-14(21)20-8-6-19(7-9-20)11-15(16,17)18/h2-5H,6-11H2,1H3. The minimum atomic E-state index is -4.19. The number of nitrogens with zero attached hydrogens (tertiary/aromatic N) is 2. The van der Waals surface area contributed by atoms with Crippen molar-refractivity contribution in [2.45, 2.75) is 13.1 Å². The molecule has 1 aliphatic rings. The first-order valence-corrected chi connectivity index (χ1v) is 7.10. The molecule has 22 heavy (non-hydrogen) atoms. The molecule has 0 spiro atoms. The van der Waals surface area contributed by atoms with Gasteiger partial charge in [0.2, 0.25) is 0 Å². The first kappa shape index (κ1) is 16.6. The molecule has 1 heterocycles. The molecule has 1 saturated heterocycles. The van der Waals surface area contributed by atoms with Crippen LogP contribution in [0.1, 0.15) is 5.56 Å². The number of aryl methyl sites for hydroxylation is 1. The molecule has 1 aromatic rings. The van der Waals surface area contributed by atoms with Gasteiger partial charge in [0, 0.05) is 26.2 Å². The third-order valence-corrected chi connectivity index (χ3v) is 3.51. The summed E-state index contributed by atoms with van der Waals surface area (Å²) >= 11 is 0. The Morgan fingerprint density at radius 2 is 1.73 bits per heavy atom. The number of rotatable bonds is 4. The second kappa shape index (κ2) is 7.00. The molecule has 0 radical (unpaired) electrons. The van der Waals surface area contributed by atoms with Crippen LogP contribution in [0.3, 0.4) is 0 Å². The first-order chi connectivity index (χ1) is 10.3. The van der Waals surface area contributed by atoms with Crippen molar-refractivity contribution in [1.29, 1.82) is 0 Å². The van der Waals surface area contributed by atoms with Crippen LogP contribution in [0.25, 0.3) is 0 Å². The Kier molecular flexibility index (Phi) is 5.28. The van der Waals surface area contributed by atoms with E-state index in [2.05, 4.69) is 0 Å². The van der Waals surface area contributed by atoms with Gasteiger partial charge in [-0.25, -0.2) is 0 Å². The zero-order valence-corrected chi connectivity index (χ0v) is 12.4. The highest BCUT2D eigenvalue weighted by atomic mass is 19.4. The van der Waals surface area contributed by atoms with Gasteiger partial charge in [-0.2, -0.15) is 13.2 Å². The van der Waals surface area contributed by atoms with Crippen LogP contribution < -0.4 is 4.74 Å². The maximum atomic E-state index is 12.3. The van der Waals surface area contributed by atoms with E-state index in [9.17, 15) is 18.0 Å². The van der Waals surface area contributed by atoms with Crippen LogP contribution in [-0.2, 0) is 4.79 Å². The molecule has 0 unspecified atom stereocenters. The summed E-state index contributed by atoms with van der Waals surface area (Å²) in [6, 6.07) is 7.33. The third kappa shape index (κ3) is 5.22. The number of hydrogen-bond donors (Lipinski definition) is 0. The molecule has 122 valence electrons. The number of piperazine rings is 1. The van der Waals surface area contributed by atoms with Crippen molar-refractivity contribution in [3.63, 3.8) is 0 Å². The monoisotopic (exact) mass is 316 g/mol. The minimum Gasteiger partial charge on any atom is -0.484 e. The highest BCUT2D eigenvalue weighted by Crippen LogP contribution is 2.17. The van der Waals surface area contributed by atoms with E-state index in [1.165, 1.54) is 4.90 Å². The lowest BCUT2D eigenvalue weighted by molar-refractivity contribution is -0.152. The van der Waals surface area contributed by atoms with E-state index in [1.807, 2.05) is 19.1 Å². The van der Waals surface area contributed by atoms with Crippen molar-refractivity contribution in [3.8, 4) is 5.75 Å². The second-order valence-corrected chi connectivity index (χ2v) is 5.37. The summed E-state index contributed by atoms with van der Waals surface area (Å²) in [5.74, 6) is 0.405. The summed E-state index contributed by atoms with van der Waals surface area (Å²) in [4.78, 5) is 14.8. The van der Waals surface area contributed by atoms with Crippen LogP contribution in [0, 0.1) is 6.92 Å². The fraction of sp³-hybridized carbons (Fsp3) is 0.533. The Morgan fingerprint density at radius 1 is 1.14 bits per heavy atom. The maximum absolute atomic E-state index is 12.3. The van der Waals surface area contributed by atoms with Crippen LogP contribution >= 0.6 is 0 Å². The lowest BCUT2D eigenvalue weighted by atomic mass is 10.2. The highest BCUT2D eigenvalue weighted by molar-refractivity contribution is 5.77. The van der Waals surface area contributed by atoms with Gasteiger partial charge in [0.1, 0.15) is 5.75 Å². The van der Waals surface area contributed by atoms with Crippen LogP contribution in [0.2, 0.25) is 0 Å². The van der Waals surface area contributed by atoms with E-state index in [4.69, 9.17) is 4.74 Å². The Bertz CT molecular complexity index is 495. The molecule has 0 N–H and O–H groups in total. The minimum absolute atomic E-state index is 0.0949. The Morgan fingerprint density at radius 3 is 2.27 bits per heavy atom. The summed E-state index contributed by atoms with van der Waals surface area (Å²) in [6.45, 7) is 2.00. The Balaban J connectivity index is 1.74. The average Bonchev–Trinajstić information content (AvgIpc) is 2.45. The number of carbonyl (C=O) groups excluding carboxylic acids is 1. The smallest absolute Gasteiger partial charge is 0.401 e. The highest BCUT2D eigenvalue weighted by Gasteiger charge is 2.32. The Hall–Kier alpha value is -1.76. The number of alkyl halides is 3. The predicted octanol–water partition coefficient (Wildman–Crippen LogP) is 2.08. The quantitative estimate of drug-likeness (QED) is 0.853. The van der Waals surface area contributed by atoms with Gasteiger partial charge >= 0.3 is 6.18 Å². The van der Waals surface area contributed by atoms with E-state index < -0.39 is 12.7 Å². The average molecular weight is 316 g/mol. The number of hydrogen-bond acceptors (Lipinski definition) is 3. The summed E-state index contributed by atoms with van der Waals surface area (Å²) < 4.78 is 42.3. The van der Waals surface area contributed by atoms with Crippen LogP contribution in [-0.4, -0.2) is 61.2 Å². The molecule has 1 amide bonds. The van der Waals surface area contributed by atoms with E-state index in [1.54, 1.807) is 17.0 Å². The fourth-order valence-corrected chi connectivity index (χ4v) is 2.28. The molecule has 0 atom stereocenters. The molecule has 1 aromatic carbocycles. The molecular formula is C15H19F3N2O2. The van der Waals surface area contributed by atoms with Crippen molar-refractivity contribution in [2.75, 3.05) is 39.3 Å². The summed E-state index contributed by atoms with van der Waals surface area (Å²) in [7, 11) is 0. The molecule has 2 rings (SSSR count). The molecule has 0 aromatic heterocycles. The number of benzene rings is 1. The van der Waals surface area contributed by atoms with E-state index in [0.717, 1.165) is 5.56 Å². The zero-order valence-electron chi connectivity index (χ0n) is 12.4. The van der Waals surface area contributed by atoms with Gasteiger partial charge in [0.05, 0.1) is 6.54 Å². The topological polar surface area (TPSA) is 32.8 Å². The molecule has 1 aliphatic heterocycles. The summed E-state index contributed by atoms with van der Waals surface area (Å²) in [5.41, 5.74) is 1.10. The molecule has 0 bridgehead atoms. The van der Waals surface area contributed by atoms with Crippen molar-refractivity contribution in [1.82, 2.24) is 9.80 Å². The van der Waals surface area contributed by atoms with E-state index in [0.29, 0.717) is 18.8 Å². The summed E-state index contributed by atoms with van der Waals surface area (Å²) in [5, 5.41) is 0. The number of ether oxygens (including phenoxy) is 1. The van der Waals surface area contributed by atoms with Crippen molar-refractivity contribution >= 4 is 5.91 Å². The zero-order chi connectivity index (χ0) is 16.2. The van der Waals surface area contributed by atoms with Gasteiger partial charge in [-0.1, -0.05) is 17.7 Å². The lowest BCUT2D eigenvalue weighted by Gasteiger charge is -2.34. The van der Waals surface area contributed by atoms with E-state index >= 15 is 0 Å². The van der Waals surface area contributed by atoms with Gasteiger partial charge in [-0.05, 0) is 19.1 Å². The molecule has 7 heteroatoms. The van der Waals surface area contributed by atoms with Gasteiger partial charge in [0.15, 0.2) is 6.61 Å². The SMILES string of the molecule is Cc1ccc(OCC(=O)N2CCN(CC(F)(F)F)CC2)cc1. The van der Waals surface area contributed by atoms with Gasteiger partial charge < -0.3 is 9.64 Å². The predicted molar refractivity (Wildman–Crippen MR) is 75.7 cm³/mol. The van der Waals surface area contributed by atoms with E-state index in [-0.39, 0.29) is 25.6 Å². The first-order valence-electron chi connectivity index (χ1n) is 7.10. The van der Waals surface area contributed by atoms with Crippen molar-refractivity contribution in [3.05, 3.63) is 29.8 Å². The molecular weight excluding hydrogens is 297 g/mol. The van der Waals surface area contributed by atoms with Crippen LogP contribution in [0.15, 0.2) is 24.3 Å². The Labute approximate surface area is 127 Å². The number of halogens is 3. The largest absolute Gasteiger partial charge is 0.484 e. The van der Waals surface area contributed by atoms with Crippen LogP contribution in [0.5, 0.6) is 5.75 Å². The normalized spacial score (nSPS) is 16.6. The maximum Gasteiger partial charge on any atom is 0.401 e. The molecule has 1 fully saturated rings. The summed E-state index contributed by atoms with van der Waals surface area (Å²) in [6.07, 6.45) is -4.19. The van der Waals surface area contributed by atoms with Crippen LogP contribution in [0.4, 0.5) is 13.2 Å². The van der Waals surface area contributed by atoms with Gasteiger partial charge in [-0.3, -0.25) is 9.69 Å². The lowest BCUT2D eigenvalue weighted by Crippen LogP contribution is -2.51. The molecule has 4 nitrogen and oxygen atoms in total. The number of carbonyl (C=O) groups is 1. The van der Waals surface area contributed by atoms with Gasteiger partial charge in [0.25, 0.3) is 5.91 Å². The van der Waals surface area contributed by atoms with Crippen molar-refractivity contribution in [2.24, 2.45) is 0 Å². The van der Waals surface area contributed by atoms with Crippen molar-refractivity contribution < 1.29 is 22.7 Å². The fourth-order valence-electron chi connectivity index (χ4n) is 2.28. The number of amides is 1.